The average molecular weight is 198 g/mol. The summed E-state index contributed by atoms with van der Waals surface area (Å²) in [7, 11) is 0. The molecule has 0 atom stereocenters. The molecule has 4 heteroatoms. The number of aliphatic hydroxyl groups excluding tert-OH is 1. The minimum absolute atomic E-state index is 0.116. The maximum Gasteiger partial charge on any atom is 0.165 e. The van der Waals surface area contributed by atoms with E-state index in [1.54, 1.807) is 12.3 Å². The molecule has 0 aliphatic carbocycles. The van der Waals surface area contributed by atoms with Gasteiger partial charge in [-0.15, -0.1) is 0 Å². The van der Waals surface area contributed by atoms with Crippen LogP contribution in [0.1, 0.15) is 13.3 Å². The molecule has 0 fully saturated rings. The van der Waals surface area contributed by atoms with Crippen LogP contribution < -0.4 is 4.90 Å². The van der Waals surface area contributed by atoms with Crippen LogP contribution in [0.15, 0.2) is 18.3 Å². The van der Waals surface area contributed by atoms with Gasteiger partial charge in [-0.2, -0.15) is 0 Å². The van der Waals surface area contributed by atoms with Gasteiger partial charge in [-0.1, -0.05) is 0 Å². The number of hydrogen-bond donors (Lipinski definition) is 1. The van der Waals surface area contributed by atoms with Crippen LogP contribution in [-0.2, 0) is 0 Å². The highest BCUT2D eigenvalue weighted by molar-refractivity contribution is 5.39. The zero-order valence-electron chi connectivity index (χ0n) is 8.28. The maximum atomic E-state index is 13.3. The average Bonchev–Trinajstić information content (AvgIpc) is 2.21. The Morgan fingerprint density at radius 2 is 2.36 bits per heavy atom. The first kappa shape index (κ1) is 10.9. The molecule has 0 saturated heterocycles. The molecular formula is C10H15FN2O. The summed E-state index contributed by atoms with van der Waals surface area (Å²) >= 11 is 0. The largest absolute Gasteiger partial charge is 0.396 e. The number of halogens is 1. The number of rotatable bonds is 5. The summed E-state index contributed by atoms with van der Waals surface area (Å²) in [5, 5.41) is 8.69. The molecule has 1 aromatic rings. The fraction of sp³-hybridized carbons (Fsp3) is 0.500. The van der Waals surface area contributed by atoms with E-state index in [0.29, 0.717) is 25.3 Å². The van der Waals surface area contributed by atoms with E-state index in [2.05, 4.69) is 4.98 Å². The third kappa shape index (κ3) is 2.67. The lowest BCUT2D eigenvalue weighted by Crippen LogP contribution is -2.26. The van der Waals surface area contributed by atoms with Crippen LogP contribution >= 0.6 is 0 Å². The molecule has 78 valence electrons. The zero-order chi connectivity index (χ0) is 10.4. The third-order valence-corrected chi connectivity index (χ3v) is 2.01. The fourth-order valence-corrected chi connectivity index (χ4v) is 1.29. The summed E-state index contributed by atoms with van der Waals surface area (Å²) in [5.74, 6) is 0.0516. The second-order valence-electron chi connectivity index (χ2n) is 2.97. The van der Waals surface area contributed by atoms with Gasteiger partial charge in [-0.05, 0) is 25.5 Å². The lowest BCUT2D eigenvalue weighted by molar-refractivity contribution is 0.289. The molecular weight excluding hydrogens is 183 g/mol. The van der Waals surface area contributed by atoms with Crippen molar-refractivity contribution in [1.82, 2.24) is 4.98 Å². The van der Waals surface area contributed by atoms with Crippen LogP contribution in [0.4, 0.5) is 10.2 Å². The topological polar surface area (TPSA) is 36.4 Å². The van der Waals surface area contributed by atoms with Crippen molar-refractivity contribution in [3.05, 3.63) is 24.1 Å². The Balaban J connectivity index is 2.73. The number of nitrogens with zero attached hydrogens (tertiary/aromatic N) is 2. The molecule has 0 aliphatic heterocycles. The van der Waals surface area contributed by atoms with Crippen LogP contribution in [-0.4, -0.2) is 29.8 Å². The Bertz CT molecular complexity index is 281. The van der Waals surface area contributed by atoms with Crippen LogP contribution in [0.2, 0.25) is 0 Å². The normalized spacial score (nSPS) is 10.2. The number of aliphatic hydroxyl groups is 1. The lowest BCUT2D eigenvalue weighted by atomic mass is 10.3. The van der Waals surface area contributed by atoms with Crippen molar-refractivity contribution < 1.29 is 9.50 Å². The molecule has 0 aromatic carbocycles. The molecule has 14 heavy (non-hydrogen) atoms. The number of pyridine rings is 1. The van der Waals surface area contributed by atoms with E-state index < -0.39 is 0 Å². The SMILES string of the molecule is CCN(CCCO)c1ncccc1F. The number of aromatic nitrogens is 1. The Hall–Kier alpha value is -1.16. The Morgan fingerprint density at radius 1 is 1.57 bits per heavy atom. The first-order valence-corrected chi connectivity index (χ1v) is 4.76. The summed E-state index contributed by atoms with van der Waals surface area (Å²) in [6.45, 7) is 3.37. The van der Waals surface area contributed by atoms with Gasteiger partial charge in [0.1, 0.15) is 0 Å². The van der Waals surface area contributed by atoms with Crippen molar-refractivity contribution in [1.29, 1.82) is 0 Å². The first-order valence-electron chi connectivity index (χ1n) is 4.76. The maximum absolute atomic E-state index is 13.3. The van der Waals surface area contributed by atoms with Gasteiger partial charge in [0, 0.05) is 25.9 Å². The van der Waals surface area contributed by atoms with E-state index in [4.69, 9.17) is 5.11 Å². The van der Waals surface area contributed by atoms with E-state index >= 15 is 0 Å². The van der Waals surface area contributed by atoms with Crippen LogP contribution in [0.25, 0.3) is 0 Å². The van der Waals surface area contributed by atoms with E-state index in [1.807, 2.05) is 11.8 Å². The van der Waals surface area contributed by atoms with E-state index in [0.717, 1.165) is 0 Å². The van der Waals surface area contributed by atoms with Crippen LogP contribution in [0.5, 0.6) is 0 Å². The van der Waals surface area contributed by atoms with E-state index in [1.165, 1.54) is 6.07 Å². The minimum atomic E-state index is -0.313. The highest BCUT2D eigenvalue weighted by atomic mass is 19.1. The summed E-state index contributed by atoms with van der Waals surface area (Å²) in [5.41, 5.74) is 0. The van der Waals surface area contributed by atoms with Gasteiger partial charge in [-0.25, -0.2) is 9.37 Å². The second-order valence-corrected chi connectivity index (χ2v) is 2.97. The quantitative estimate of drug-likeness (QED) is 0.777. The molecule has 1 aromatic heterocycles. The molecule has 0 spiro atoms. The predicted molar refractivity (Wildman–Crippen MR) is 53.8 cm³/mol. The predicted octanol–water partition coefficient (Wildman–Crippen LogP) is 1.43. The molecule has 0 aliphatic rings. The molecule has 0 radical (unpaired) electrons. The summed E-state index contributed by atoms with van der Waals surface area (Å²) < 4.78 is 13.3. The van der Waals surface area contributed by atoms with Crippen molar-refractivity contribution >= 4 is 5.82 Å². The zero-order valence-corrected chi connectivity index (χ0v) is 8.28. The van der Waals surface area contributed by atoms with Gasteiger partial charge < -0.3 is 10.0 Å². The molecule has 1 N–H and O–H groups in total. The second kappa shape index (κ2) is 5.54. The van der Waals surface area contributed by atoms with Gasteiger partial charge in [0.25, 0.3) is 0 Å². The van der Waals surface area contributed by atoms with Gasteiger partial charge in [0.05, 0.1) is 0 Å². The van der Waals surface area contributed by atoms with Crippen LogP contribution in [0.3, 0.4) is 0 Å². The lowest BCUT2D eigenvalue weighted by Gasteiger charge is -2.21. The highest BCUT2D eigenvalue weighted by Gasteiger charge is 2.09. The van der Waals surface area contributed by atoms with Crippen molar-refractivity contribution in [2.75, 3.05) is 24.6 Å². The highest BCUT2D eigenvalue weighted by Crippen LogP contribution is 2.14. The molecule has 3 nitrogen and oxygen atoms in total. The molecule has 0 bridgehead atoms. The van der Waals surface area contributed by atoms with E-state index in [-0.39, 0.29) is 12.4 Å². The van der Waals surface area contributed by atoms with E-state index in [9.17, 15) is 4.39 Å². The minimum Gasteiger partial charge on any atom is -0.396 e. The standard InChI is InChI=1S/C10H15FN2O/c1-2-13(7-4-8-14)10-9(11)5-3-6-12-10/h3,5-6,14H,2,4,7-8H2,1H3. The van der Waals surface area contributed by atoms with Crippen LogP contribution in [0, 0.1) is 5.82 Å². The monoisotopic (exact) mass is 198 g/mol. The van der Waals surface area contributed by atoms with Crippen molar-refractivity contribution in [3.8, 4) is 0 Å². The summed E-state index contributed by atoms with van der Waals surface area (Å²) in [6.07, 6.45) is 2.20. The van der Waals surface area contributed by atoms with Gasteiger partial charge in [0.15, 0.2) is 11.6 Å². The van der Waals surface area contributed by atoms with Gasteiger partial charge >= 0.3 is 0 Å². The summed E-state index contributed by atoms with van der Waals surface area (Å²) in [6, 6.07) is 2.96. The van der Waals surface area contributed by atoms with Crippen molar-refractivity contribution in [2.24, 2.45) is 0 Å². The third-order valence-electron chi connectivity index (χ3n) is 2.01. The molecule has 0 saturated carbocycles. The molecule has 0 amide bonds. The van der Waals surface area contributed by atoms with Gasteiger partial charge in [-0.3, -0.25) is 0 Å². The molecule has 0 unspecified atom stereocenters. The van der Waals surface area contributed by atoms with Gasteiger partial charge in [0.2, 0.25) is 0 Å². The number of anilines is 1. The Labute approximate surface area is 83.2 Å². The smallest absolute Gasteiger partial charge is 0.165 e. The fourth-order valence-electron chi connectivity index (χ4n) is 1.29. The summed E-state index contributed by atoms with van der Waals surface area (Å²) in [4.78, 5) is 5.78. The first-order chi connectivity index (χ1) is 6.79. The van der Waals surface area contributed by atoms with Crippen molar-refractivity contribution in [2.45, 2.75) is 13.3 Å². The Kier molecular flexibility index (Phi) is 4.32. The van der Waals surface area contributed by atoms with Crippen molar-refractivity contribution in [3.63, 3.8) is 0 Å². The Morgan fingerprint density at radius 3 is 2.93 bits per heavy atom. The molecule has 1 rings (SSSR count). The number of hydrogen-bond acceptors (Lipinski definition) is 3. The molecule has 1 heterocycles.